The SMILES string of the molecule is COCCN1CC(c2nnc(-c3cc4c(cc3F)C(F)(F)C[C@@H](NC(=O)OC(C)(C)C)C(=O)N4Cc3ccc(-c4ccc(C(F)(F)F)cn4)cc3)o2)CC(F)(F)C1. The minimum atomic E-state index is -4.59. The molecule has 57 heavy (non-hydrogen) atoms. The van der Waals surface area contributed by atoms with E-state index in [-0.39, 0.29) is 31.3 Å². The maximum absolute atomic E-state index is 16.1. The van der Waals surface area contributed by atoms with Crippen molar-refractivity contribution in [2.45, 2.75) is 75.7 Å². The van der Waals surface area contributed by atoms with Crippen LogP contribution in [0.5, 0.6) is 0 Å². The lowest BCUT2D eigenvalue weighted by atomic mass is 9.95. The summed E-state index contributed by atoms with van der Waals surface area (Å²) >= 11 is 0. The maximum Gasteiger partial charge on any atom is 0.417 e. The van der Waals surface area contributed by atoms with Gasteiger partial charge < -0.3 is 24.1 Å². The number of piperidine rings is 1. The molecule has 306 valence electrons. The number of hydrogen-bond acceptors (Lipinski definition) is 9. The zero-order valence-electron chi connectivity index (χ0n) is 31.1. The second kappa shape index (κ2) is 15.6. The number of alkyl halides is 7. The van der Waals surface area contributed by atoms with Gasteiger partial charge in [-0.2, -0.15) is 13.2 Å². The maximum atomic E-state index is 16.1. The molecule has 19 heteroatoms. The molecule has 4 aromatic rings. The van der Waals surface area contributed by atoms with Gasteiger partial charge >= 0.3 is 12.3 Å². The second-order valence-corrected chi connectivity index (χ2v) is 14.9. The Morgan fingerprint density at radius 1 is 1.02 bits per heavy atom. The Labute approximate surface area is 321 Å². The molecule has 2 amide bonds. The van der Waals surface area contributed by atoms with Crippen LogP contribution in [-0.2, 0) is 32.9 Å². The number of carbonyl (C=O) groups is 2. The van der Waals surface area contributed by atoms with Gasteiger partial charge in [-0.05, 0) is 50.6 Å². The summed E-state index contributed by atoms with van der Waals surface area (Å²) in [7, 11) is 1.43. The number of nitrogens with zero attached hydrogens (tertiary/aromatic N) is 5. The van der Waals surface area contributed by atoms with E-state index in [1.165, 1.54) is 63.1 Å². The summed E-state index contributed by atoms with van der Waals surface area (Å²) in [6.45, 7) is 4.15. The summed E-state index contributed by atoms with van der Waals surface area (Å²) in [5.41, 5.74) is -2.93. The number of rotatable bonds is 9. The van der Waals surface area contributed by atoms with Crippen LogP contribution in [0, 0.1) is 5.82 Å². The van der Waals surface area contributed by atoms with Crippen LogP contribution in [0.3, 0.4) is 0 Å². The molecule has 2 atom stereocenters. The minimum Gasteiger partial charge on any atom is -0.444 e. The number of amides is 2. The van der Waals surface area contributed by atoms with Crippen molar-refractivity contribution in [1.82, 2.24) is 25.4 Å². The van der Waals surface area contributed by atoms with Gasteiger partial charge in [-0.15, -0.1) is 10.2 Å². The molecular formula is C38H38F8N6O5. The van der Waals surface area contributed by atoms with Gasteiger partial charge in [-0.1, -0.05) is 24.3 Å². The van der Waals surface area contributed by atoms with Crippen LogP contribution in [0.2, 0.25) is 0 Å². The Kier molecular flexibility index (Phi) is 11.4. The molecule has 1 saturated heterocycles. The van der Waals surface area contributed by atoms with E-state index in [2.05, 4.69) is 20.5 Å². The highest BCUT2D eigenvalue weighted by atomic mass is 19.4. The third-order valence-electron chi connectivity index (χ3n) is 9.28. The summed E-state index contributed by atoms with van der Waals surface area (Å²) in [5.74, 6) is -11.0. The van der Waals surface area contributed by atoms with E-state index in [4.69, 9.17) is 13.9 Å². The predicted molar refractivity (Wildman–Crippen MR) is 188 cm³/mol. The molecule has 2 aromatic carbocycles. The first-order chi connectivity index (χ1) is 26.6. The van der Waals surface area contributed by atoms with Crippen LogP contribution in [0.4, 0.5) is 45.6 Å². The van der Waals surface area contributed by atoms with Gasteiger partial charge in [-0.3, -0.25) is 14.7 Å². The van der Waals surface area contributed by atoms with Crippen LogP contribution in [-0.4, -0.2) is 83.0 Å². The molecule has 2 aromatic heterocycles. The van der Waals surface area contributed by atoms with E-state index in [9.17, 15) is 31.5 Å². The van der Waals surface area contributed by atoms with Crippen LogP contribution in [0.15, 0.2) is 59.1 Å². The predicted octanol–water partition coefficient (Wildman–Crippen LogP) is 7.95. The number of fused-ring (bicyclic) bond motifs is 1. The Morgan fingerprint density at radius 3 is 2.37 bits per heavy atom. The quantitative estimate of drug-likeness (QED) is 0.168. The van der Waals surface area contributed by atoms with Gasteiger partial charge in [0.15, 0.2) is 0 Å². The fourth-order valence-corrected chi connectivity index (χ4v) is 6.68. The minimum absolute atomic E-state index is 0.0987. The Hall–Kier alpha value is -5.17. The third-order valence-corrected chi connectivity index (χ3v) is 9.28. The van der Waals surface area contributed by atoms with E-state index in [1.54, 1.807) is 0 Å². The first-order valence-corrected chi connectivity index (χ1v) is 17.7. The monoisotopic (exact) mass is 810 g/mol. The fourth-order valence-electron chi connectivity index (χ4n) is 6.68. The van der Waals surface area contributed by atoms with Crippen molar-refractivity contribution in [2.24, 2.45) is 0 Å². The van der Waals surface area contributed by atoms with E-state index in [1.807, 2.05) is 0 Å². The number of aromatic nitrogens is 3. The fraction of sp³-hybridized carbons (Fsp3) is 0.447. The normalized spacial score (nSPS) is 19.9. The number of halogens is 8. The van der Waals surface area contributed by atoms with Crippen molar-refractivity contribution in [3.8, 4) is 22.7 Å². The largest absolute Gasteiger partial charge is 0.444 e. The summed E-state index contributed by atoms with van der Waals surface area (Å²) in [5, 5.41) is 9.97. The molecule has 11 nitrogen and oxygen atoms in total. The number of ether oxygens (including phenoxy) is 2. The zero-order valence-corrected chi connectivity index (χ0v) is 31.1. The molecule has 1 unspecified atom stereocenters. The highest BCUT2D eigenvalue weighted by Gasteiger charge is 2.48. The lowest BCUT2D eigenvalue weighted by Gasteiger charge is -2.36. The number of carbonyl (C=O) groups excluding carboxylic acids is 2. The lowest BCUT2D eigenvalue weighted by Crippen LogP contribution is -2.49. The van der Waals surface area contributed by atoms with E-state index >= 15 is 13.2 Å². The van der Waals surface area contributed by atoms with Crippen molar-refractivity contribution in [1.29, 1.82) is 0 Å². The highest BCUT2D eigenvalue weighted by molar-refractivity contribution is 6.01. The topological polar surface area (TPSA) is 123 Å². The molecule has 2 aliphatic heterocycles. The van der Waals surface area contributed by atoms with Gasteiger partial charge in [0, 0.05) is 50.4 Å². The molecule has 6 rings (SSSR count). The molecule has 0 saturated carbocycles. The molecule has 0 bridgehead atoms. The van der Waals surface area contributed by atoms with Crippen molar-refractivity contribution in [3.05, 3.63) is 83.1 Å². The number of anilines is 1. The van der Waals surface area contributed by atoms with Crippen molar-refractivity contribution in [2.75, 3.05) is 38.3 Å². The van der Waals surface area contributed by atoms with Crippen LogP contribution in [0.1, 0.15) is 62.1 Å². The van der Waals surface area contributed by atoms with Crippen molar-refractivity contribution in [3.63, 3.8) is 0 Å². The Bertz CT molecular complexity index is 2090. The Morgan fingerprint density at radius 2 is 1.74 bits per heavy atom. The number of likely N-dealkylation sites (tertiary alicyclic amines) is 1. The number of nitrogens with one attached hydrogen (secondary N) is 1. The lowest BCUT2D eigenvalue weighted by molar-refractivity contribution is -0.137. The molecule has 0 spiro atoms. The number of hydrogen-bond donors (Lipinski definition) is 1. The average molecular weight is 811 g/mol. The van der Waals surface area contributed by atoms with Gasteiger partial charge in [-0.25, -0.2) is 26.7 Å². The number of pyridine rings is 1. The third kappa shape index (κ3) is 9.69. The van der Waals surface area contributed by atoms with E-state index in [0.29, 0.717) is 23.4 Å². The highest BCUT2D eigenvalue weighted by Crippen LogP contribution is 2.46. The van der Waals surface area contributed by atoms with Gasteiger partial charge in [0.2, 0.25) is 11.8 Å². The Balaban J connectivity index is 1.36. The molecule has 0 aliphatic carbocycles. The molecule has 2 aliphatic rings. The van der Waals surface area contributed by atoms with Crippen molar-refractivity contribution >= 4 is 17.7 Å². The average Bonchev–Trinajstić information content (AvgIpc) is 3.59. The summed E-state index contributed by atoms with van der Waals surface area (Å²) in [6.07, 6.45) is -6.98. The number of benzene rings is 2. The number of methoxy groups -OCH3 is 1. The molecule has 1 fully saturated rings. The molecule has 0 radical (unpaired) electrons. The zero-order chi connectivity index (χ0) is 41.5. The first kappa shape index (κ1) is 41.5. The van der Waals surface area contributed by atoms with Crippen molar-refractivity contribution < 1.29 is 58.6 Å². The summed E-state index contributed by atoms with van der Waals surface area (Å²) < 4.78 is 133. The van der Waals surface area contributed by atoms with Gasteiger partial charge in [0.05, 0.1) is 48.1 Å². The van der Waals surface area contributed by atoms with Crippen LogP contribution in [0.25, 0.3) is 22.7 Å². The van der Waals surface area contributed by atoms with E-state index in [0.717, 1.165) is 17.0 Å². The smallest absolute Gasteiger partial charge is 0.417 e. The van der Waals surface area contributed by atoms with Crippen LogP contribution >= 0.6 is 0 Å². The second-order valence-electron chi connectivity index (χ2n) is 14.9. The molecule has 1 N–H and O–H groups in total. The standard InChI is InChI=1S/C38H38F8N6O5/c1-35(2,3)57-34(54)48-29-16-37(42,43)26-14-27(39)25(32-50-49-31(56-32)23-15-36(40,41)20-51(19-23)11-12-55-4)13-30(26)52(33(29)53)18-21-5-7-22(8-6-21)28-10-9-24(17-47-28)38(44,45)46/h5-10,13-14,17,23,29H,11-12,15-16,18-20H2,1-4H3,(H,48,54)/t23?,29-/m1/s1. The van der Waals surface area contributed by atoms with Gasteiger partial charge in [0.1, 0.15) is 17.5 Å². The molecular weight excluding hydrogens is 772 g/mol. The van der Waals surface area contributed by atoms with E-state index < -0.39 is 108 Å². The molecule has 4 heterocycles. The first-order valence-electron chi connectivity index (χ1n) is 17.7. The van der Waals surface area contributed by atoms with Gasteiger partial charge in [0.25, 0.3) is 17.7 Å². The number of alkyl carbamates (subject to hydrolysis) is 1. The van der Waals surface area contributed by atoms with Crippen LogP contribution < -0.4 is 10.2 Å². The summed E-state index contributed by atoms with van der Waals surface area (Å²) in [6, 6.07) is 7.60. The summed E-state index contributed by atoms with van der Waals surface area (Å²) in [4.78, 5) is 33.2.